The molecule has 0 aliphatic heterocycles. The van der Waals surface area contributed by atoms with Gasteiger partial charge in [-0.15, -0.1) is 10.2 Å². The van der Waals surface area contributed by atoms with Crippen molar-refractivity contribution < 1.29 is 4.79 Å². The van der Waals surface area contributed by atoms with Crippen molar-refractivity contribution in [3.63, 3.8) is 0 Å². The molecular weight excluding hydrogens is 436 g/mol. The lowest BCUT2D eigenvalue weighted by Gasteiger charge is -2.10. The molecule has 166 valence electrons. The van der Waals surface area contributed by atoms with Crippen LogP contribution in [0.15, 0.2) is 30.7 Å². The van der Waals surface area contributed by atoms with Crippen LogP contribution in [0.1, 0.15) is 40.8 Å². The van der Waals surface area contributed by atoms with Crippen LogP contribution in [0.25, 0.3) is 22.5 Å². The summed E-state index contributed by atoms with van der Waals surface area (Å²) < 4.78 is 3.48. The zero-order valence-electron chi connectivity index (χ0n) is 18.5. The van der Waals surface area contributed by atoms with Gasteiger partial charge in [-0.3, -0.25) is 24.5 Å². The molecule has 4 aromatic rings. The topological polar surface area (TPSA) is 103 Å². The van der Waals surface area contributed by atoms with Gasteiger partial charge in [-0.2, -0.15) is 10.2 Å². The number of amides is 1. The van der Waals surface area contributed by atoms with E-state index in [4.69, 9.17) is 0 Å². The van der Waals surface area contributed by atoms with E-state index in [1.165, 1.54) is 11.3 Å². The van der Waals surface area contributed by atoms with E-state index in [9.17, 15) is 4.79 Å². The number of aryl methyl sites for hydroxylation is 3. The van der Waals surface area contributed by atoms with Gasteiger partial charge in [0.1, 0.15) is 5.69 Å². The van der Waals surface area contributed by atoms with Gasteiger partial charge in [-0.05, 0) is 37.3 Å². The number of nitrogens with zero attached hydrogens (tertiary/aromatic N) is 7. The first-order valence-electron chi connectivity index (χ1n) is 10.7. The average molecular weight is 459 g/mol. The number of aromatic nitrogens is 7. The van der Waals surface area contributed by atoms with Crippen molar-refractivity contribution in [2.75, 3.05) is 5.32 Å². The summed E-state index contributed by atoms with van der Waals surface area (Å²) in [6.45, 7) is 2.04. The fourth-order valence-corrected chi connectivity index (χ4v) is 4.05. The fourth-order valence-electron chi connectivity index (χ4n) is 3.45. The minimum absolute atomic E-state index is 0.311. The van der Waals surface area contributed by atoms with Crippen molar-refractivity contribution in [1.82, 2.24) is 34.7 Å². The maximum atomic E-state index is 13.3. The molecule has 0 aromatic carbocycles. The lowest BCUT2D eigenvalue weighted by Crippen LogP contribution is -2.14. The maximum absolute atomic E-state index is 13.3. The molecule has 1 N–H and O–H groups in total. The van der Waals surface area contributed by atoms with Crippen molar-refractivity contribution in [3.8, 4) is 34.4 Å². The Bertz CT molecular complexity index is 1400. The zero-order chi connectivity index (χ0) is 22.9. The van der Waals surface area contributed by atoms with E-state index in [0.29, 0.717) is 27.3 Å². The van der Waals surface area contributed by atoms with Gasteiger partial charge < -0.3 is 0 Å². The van der Waals surface area contributed by atoms with Crippen LogP contribution in [0.4, 0.5) is 5.13 Å². The quantitative estimate of drug-likeness (QED) is 0.460. The van der Waals surface area contributed by atoms with Gasteiger partial charge >= 0.3 is 0 Å². The molecule has 4 aromatic heterocycles. The van der Waals surface area contributed by atoms with Crippen LogP contribution in [0, 0.1) is 17.8 Å². The highest BCUT2D eigenvalue weighted by molar-refractivity contribution is 7.15. The maximum Gasteiger partial charge on any atom is 0.259 e. The first-order chi connectivity index (χ1) is 16.0. The molecule has 10 heteroatoms. The standard InChI is InChI=1S/C23H22N8OS/c1-4-18-17(13-31(3)28-18)15-11-20(19-9-10-30(2)29-19)24-12-16(15)22(32)25-23-27-26-21(33-23)8-7-14-5-6-14/h9-14H,4-6H2,1-3H3,(H,25,27,32). The number of carbonyl (C=O) groups is 1. The first-order valence-corrected chi connectivity index (χ1v) is 11.5. The molecule has 0 saturated heterocycles. The number of rotatable bonds is 5. The number of carbonyl (C=O) groups excluding carboxylic acids is 1. The van der Waals surface area contributed by atoms with E-state index in [0.717, 1.165) is 41.8 Å². The van der Waals surface area contributed by atoms with Crippen molar-refractivity contribution in [3.05, 3.63) is 47.0 Å². The van der Waals surface area contributed by atoms with Crippen LogP contribution >= 0.6 is 11.3 Å². The molecule has 0 bridgehead atoms. The van der Waals surface area contributed by atoms with Crippen molar-refractivity contribution >= 4 is 22.4 Å². The fraction of sp³-hybridized carbons (Fsp3) is 0.304. The number of hydrogen-bond acceptors (Lipinski definition) is 7. The highest BCUT2D eigenvalue weighted by Gasteiger charge is 2.21. The monoisotopic (exact) mass is 458 g/mol. The lowest BCUT2D eigenvalue weighted by molar-refractivity contribution is 0.102. The second-order valence-corrected chi connectivity index (χ2v) is 8.89. The van der Waals surface area contributed by atoms with Gasteiger partial charge in [-0.25, -0.2) is 0 Å². The highest BCUT2D eigenvalue weighted by atomic mass is 32.1. The Morgan fingerprint density at radius 1 is 1.18 bits per heavy atom. The molecule has 33 heavy (non-hydrogen) atoms. The lowest BCUT2D eigenvalue weighted by atomic mass is 9.99. The Morgan fingerprint density at radius 2 is 2.03 bits per heavy atom. The van der Waals surface area contributed by atoms with Gasteiger partial charge in [0.15, 0.2) is 5.01 Å². The van der Waals surface area contributed by atoms with Gasteiger partial charge in [0.05, 0.1) is 17.0 Å². The largest absolute Gasteiger partial charge is 0.296 e. The van der Waals surface area contributed by atoms with E-state index in [-0.39, 0.29) is 5.91 Å². The molecule has 0 unspecified atom stereocenters. The van der Waals surface area contributed by atoms with E-state index in [1.54, 1.807) is 15.6 Å². The van der Waals surface area contributed by atoms with Crippen LogP contribution in [-0.4, -0.2) is 40.6 Å². The second kappa shape index (κ2) is 8.60. The van der Waals surface area contributed by atoms with Gasteiger partial charge in [0.2, 0.25) is 5.13 Å². The van der Waals surface area contributed by atoms with Gasteiger partial charge in [0.25, 0.3) is 5.91 Å². The Hall–Kier alpha value is -3.84. The SMILES string of the molecule is CCc1nn(C)cc1-c1cc(-c2ccn(C)n2)ncc1C(=O)Nc1nnc(C#CC2CC2)s1. The summed E-state index contributed by atoms with van der Waals surface area (Å²) >= 11 is 1.26. The minimum Gasteiger partial charge on any atom is -0.296 e. The van der Waals surface area contributed by atoms with Crippen LogP contribution in [0.2, 0.25) is 0 Å². The molecule has 4 heterocycles. The van der Waals surface area contributed by atoms with Crippen LogP contribution in [0.3, 0.4) is 0 Å². The molecule has 5 rings (SSSR count). The van der Waals surface area contributed by atoms with Gasteiger partial charge in [-0.1, -0.05) is 24.2 Å². The summed E-state index contributed by atoms with van der Waals surface area (Å²) in [5.74, 6) is 6.36. The number of nitrogens with one attached hydrogen (secondary N) is 1. The Balaban J connectivity index is 1.50. The van der Waals surface area contributed by atoms with Crippen LogP contribution in [-0.2, 0) is 20.5 Å². The Kier molecular flexibility index (Phi) is 5.48. The molecule has 9 nitrogen and oxygen atoms in total. The molecule has 1 saturated carbocycles. The zero-order valence-corrected chi connectivity index (χ0v) is 19.3. The second-order valence-electron chi connectivity index (χ2n) is 7.92. The molecule has 1 aliphatic rings. The van der Waals surface area contributed by atoms with Crippen molar-refractivity contribution in [2.45, 2.75) is 26.2 Å². The number of anilines is 1. The third-order valence-electron chi connectivity index (χ3n) is 5.26. The van der Waals surface area contributed by atoms with E-state index < -0.39 is 0 Å². The average Bonchev–Trinajstić information content (AvgIpc) is 3.16. The Morgan fingerprint density at radius 3 is 2.76 bits per heavy atom. The number of hydrogen-bond donors (Lipinski definition) is 1. The van der Waals surface area contributed by atoms with Crippen LogP contribution < -0.4 is 5.32 Å². The Labute approximate surface area is 194 Å². The molecule has 0 radical (unpaired) electrons. The summed E-state index contributed by atoms with van der Waals surface area (Å²) in [5.41, 5.74) is 4.37. The summed E-state index contributed by atoms with van der Waals surface area (Å²) in [5, 5.41) is 21.0. The number of pyridine rings is 1. The smallest absolute Gasteiger partial charge is 0.259 e. The summed E-state index contributed by atoms with van der Waals surface area (Å²) in [7, 11) is 3.72. The van der Waals surface area contributed by atoms with Crippen molar-refractivity contribution in [2.24, 2.45) is 20.0 Å². The molecule has 0 atom stereocenters. The van der Waals surface area contributed by atoms with Gasteiger partial charge in [0, 0.05) is 49.7 Å². The summed E-state index contributed by atoms with van der Waals surface area (Å²) in [6, 6.07) is 3.78. The third-order valence-corrected chi connectivity index (χ3v) is 6.02. The molecule has 0 spiro atoms. The normalized spacial score (nSPS) is 12.9. The van der Waals surface area contributed by atoms with E-state index in [2.05, 4.69) is 42.5 Å². The molecule has 1 amide bonds. The summed E-state index contributed by atoms with van der Waals surface area (Å²) in [4.78, 5) is 17.8. The first kappa shape index (κ1) is 21.0. The predicted molar refractivity (Wildman–Crippen MR) is 125 cm³/mol. The highest BCUT2D eigenvalue weighted by Crippen LogP contribution is 2.31. The molecule has 1 fully saturated rings. The van der Waals surface area contributed by atoms with Crippen molar-refractivity contribution in [1.29, 1.82) is 0 Å². The third kappa shape index (κ3) is 4.54. The predicted octanol–water partition coefficient (Wildman–Crippen LogP) is 3.31. The molecule has 1 aliphatic carbocycles. The van der Waals surface area contributed by atoms with E-state index in [1.807, 2.05) is 45.5 Å². The van der Waals surface area contributed by atoms with Crippen LogP contribution in [0.5, 0.6) is 0 Å². The summed E-state index contributed by atoms with van der Waals surface area (Å²) in [6.07, 6.45) is 8.39. The minimum atomic E-state index is -0.311. The molecular formula is C23H22N8OS. The van der Waals surface area contributed by atoms with E-state index >= 15 is 0 Å².